The van der Waals surface area contributed by atoms with Gasteiger partial charge >= 0.3 is 5.97 Å². The zero-order valence-electron chi connectivity index (χ0n) is 11.3. The molecule has 1 aromatic carbocycles. The first-order chi connectivity index (χ1) is 9.72. The number of hydrogen-bond acceptors (Lipinski definition) is 4. The number of hydrogen-bond donors (Lipinski definition) is 1. The summed E-state index contributed by atoms with van der Waals surface area (Å²) < 4.78 is 6.82. The lowest BCUT2D eigenvalue weighted by molar-refractivity contribution is 0.0521. The van der Waals surface area contributed by atoms with Crippen LogP contribution >= 0.6 is 0 Å². The smallest absolute Gasteiger partial charge is 0.360 e. The molecule has 1 heterocycles. The van der Waals surface area contributed by atoms with E-state index in [-0.39, 0.29) is 11.7 Å². The molecule has 0 amide bonds. The van der Waals surface area contributed by atoms with Crippen molar-refractivity contribution in [3.8, 4) is 0 Å². The molecule has 5 nitrogen and oxygen atoms in total. The zero-order chi connectivity index (χ0) is 14.1. The average molecular weight is 271 g/mol. The van der Waals surface area contributed by atoms with Crippen molar-refractivity contribution in [2.45, 2.75) is 25.3 Å². The number of rotatable bonds is 4. The molecule has 2 atom stereocenters. The van der Waals surface area contributed by atoms with Gasteiger partial charge in [-0.05, 0) is 18.9 Å². The third kappa shape index (κ3) is 2.15. The van der Waals surface area contributed by atoms with Crippen LogP contribution in [0.3, 0.4) is 0 Å². The summed E-state index contributed by atoms with van der Waals surface area (Å²) in [6.45, 7) is 2.08. The van der Waals surface area contributed by atoms with Crippen molar-refractivity contribution >= 4 is 11.8 Å². The number of carbonyl (C=O) groups is 1. The van der Waals surface area contributed by atoms with E-state index in [0.717, 1.165) is 6.42 Å². The van der Waals surface area contributed by atoms with E-state index < -0.39 is 5.97 Å². The van der Waals surface area contributed by atoms with Gasteiger partial charge in [0.25, 0.3) is 0 Å². The highest BCUT2D eigenvalue weighted by atomic mass is 16.5. The second-order valence-corrected chi connectivity index (χ2v) is 4.93. The highest BCUT2D eigenvalue weighted by Gasteiger charge is 2.41. The summed E-state index contributed by atoms with van der Waals surface area (Å²) in [6, 6.07) is 10.6. The molecule has 3 rings (SSSR count). The second-order valence-electron chi connectivity index (χ2n) is 4.93. The van der Waals surface area contributed by atoms with Crippen LogP contribution in [-0.4, -0.2) is 22.1 Å². The summed E-state index contributed by atoms with van der Waals surface area (Å²) in [5, 5.41) is 0. The molecule has 20 heavy (non-hydrogen) atoms. The van der Waals surface area contributed by atoms with Crippen LogP contribution in [0.15, 0.2) is 36.7 Å². The fraction of sp³-hybridized carbons (Fsp3) is 0.333. The largest absolute Gasteiger partial charge is 0.461 e. The predicted octanol–water partition coefficient (Wildman–Crippen LogP) is 2.37. The number of esters is 1. The molecular weight excluding hydrogens is 254 g/mol. The molecule has 1 aromatic heterocycles. The summed E-state index contributed by atoms with van der Waals surface area (Å²) in [7, 11) is 0. The second kappa shape index (κ2) is 5.00. The van der Waals surface area contributed by atoms with Gasteiger partial charge in [0.1, 0.15) is 5.82 Å². The number of anilines is 1. The van der Waals surface area contributed by atoms with E-state index in [1.165, 1.54) is 5.56 Å². The highest BCUT2D eigenvalue weighted by molar-refractivity contribution is 5.92. The topological polar surface area (TPSA) is 70.1 Å². The monoisotopic (exact) mass is 271 g/mol. The van der Waals surface area contributed by atoms with E-state index in [0.29, 0.717) is 18.3 Å². The first kappa shape index (κ1) is 12.7. The fourth-order valence-corrected chi connectivity index (χ4v) is 2.54. The van der Waals surface area contributed by atoms with E-state index in [4.69, 9.17) is 10.5 Å². The summed E-state index contributed by atoms with van der Waals surface area (Å²) in [4.78, 5) is 15.8. The van der Waals surface area contributed by atoms with Gasteiger partial charge in [0.05, 0.1) is 12.9 Å². The maximum absolute atomic E-state index is 11.7. The van der Waals surface area contributed by atoms with Gasteiger partial charge in [-0.3, -0.25) is 0 Å². The minimum absolute atomic E-state index is 0.213. The van der Waals surface area contributed by atoms with E-state index in [2.05, 4.69) is 17.1 Å². The van der Waals surface area contributed by atoms with Gasteiger partial charge in [0, 0.05) is 12.0 Å². The van der Waals surface area contributed by atoms with Gasteiger partial charge in [-0.1, -0.05) is 30.3 Å². The lowest BCUT2D eigenvalue weighted by Gasteiger charge is -2.05. The standard InChI is InChI=1S/C15H17N3O2/c1-2-20-15(19)13-14(16)18(9-17-13)12-8-11(12)10-6-4-3-5-7-10/h3-7,9,11-12H,2,8,16H2,1H3. The van der Waals surface area contributed by atoms with Crippen LogP contribution in [0.4, 0.5) is 5.82 Å². The van der Waals surface area contributed by atoms with Crippen LogP contribution in [0.1, 0.15) is 41.4 Å². The first-order valence-corrected chi connectivity index (χ1v) is 6.76. The van der Waals surface area contributed by atoms with Crippen molar-refractivity contribution < 1.29 is 9.53 Å². The SMILES string of the molecule is CCOC(=O)c1ncn(C2CC2c2ccccc2)c1N. The van der Waals surface area contributed by atoms with Crippen LogP contribution in [0, 0.1) is 0 Å². The van der Waals surface area contributed by atoms with Crippen molar-refractivity contribution in [1.29, 1.82) is 0 Å². The third-order valence-electron chi connectivity index (χ3n) is 3.64. The number of benzene rings is 1. The van der Waals surface area contributed by atoms with Crippen LogP contribution in [0.5, 0.6) is 0 Å². The van der Waals surface area contributed by atoms with Gasteiger partial charge in [-0.2, -0.15) is 0 Å². The minimum atomic E-state index is -0.458. The summed E-state index contributed by atoms with van der Waals surface area (Å²) in [6.07, 6.45) is 2.65. The number of nitrogen functional groups attached to an aromatic ring is 1. The van der Waals surface area contributed by atoms with E-state index in [9.17, 15) is 4.79 Å². The Morgan fingerprint density at radius 1 is 1.45 bits per heavy atom. The zero-order valence-corrected chi connectivity index (χ0v) is 11.3. The van der Waals surface area contributed by atoms with Gasteiger partial charge in [0.15, 0.2) is 5.69 Å². The number of imidazole rings is 1. The Morgan fingerprint density at radius 2 is 2.20 bits per heavy atom. The van der Waals surface area contributed by atoms with Crippen molar-refractivity contribution in [2.24, 2.45) is 0 Å². The Kier molecular flexibility index (Phi) is 3.18. The lowest BCUT2D eigenvalue weighted by atomic mass is 10.1. The maximum Gasteiger partial charge on any atom is 0.360 e. The third-order valence-corrected chi connectivity index (χ3v) is 3.64. The number of ether oxygens (including phenoxy) is 1. The van der Waals surface area contributed by atoms with Gasteiger partial charge in [0.2, 0.25) is 0 Å². The molecule has 1 aliphatic rings. The molecule has 2 N–H and O–H groups in total. The summed E-state index contributed by atoms with van der Waals surface area (Å²) in [5.41, 5.74) is 7.52. The van der Waals surface area contributed by atoms with Gasteiger partial charge in [-0.15, -0.1) is 0 Å². The molecule has 0 spiro atoms. The van der Waals surface area contributed by atoms with Crippen LogP contribution in [0.2, 0.25) is 0 Å². The molecular formula is C15H17N3O2. The Morgan fingerprint density at radius 3 is 2.90 bits per heavy atom. The molecule has 1 aliphatic carbocycles. The van der Waals surface area contributed by atoms with Crippen molar-refractivity contribution in [1.82, 2.24) is 9.55 Å². The van der Waals surface area contributed by atoms with Gasteiger partial charge < -0.3 is 15.0 Å². The van der Waals surface area contributed by atoms with Crippen LogP contribution in [0.25, 0.3) is 0 Å². The number of carbonyl (C=O) groups excluding carboxylic acids is 1. The molecule has 5 heteroatoms. The first-order valence-electron chi connectivity index (χ1n) is 6.76. The van der Waals surface area contributed by atoms with Crippen LogP contribution < -0.4 is 5.73 Å². The minimum Gasteiger partial charge on any atom is -0.461 e. The molecule has 1 saturated carbocycles. The molecule has 0 bridgehead atoms. The number of aromatic nitrogens is 2. The summed E-state index contributed by atoms with van der Waals surface area (Å²) in [5.74, 6) is 0.385. The number of nitrogens with two attached hydrogens (primary N) is 1. The van der Waals surface area contributed by atoms with Gasteiger partial charge in [-0.25, -0.2) is 9.78 Å². The molecule has 2 aromatic rings. The maximum atomic E-state index is 11.7. The predicted molar refractivity (Wildman–Crippen MR) is 75.4 cm³/mol. The molecule has 104 valence electrons. The molecule has 0 aliphatic heterocycles. The van der Waals surface area contributed by atoms with Crippen LogP contribution in [-0.2, 0) is 4.74 Å². The highest BCUT2D eigenvalue weighted by Crippen LogP contribution is 2.52. The van der Waals surface area contributed by atoms with E-state index >= 15 is 0 Å². The van der Waals surface area contributed by atoms with Crippen molar-refractivity contribution in [3.05, 3.63) is 47.9 Å². The average Bonchev–Trinajstić information content (AvgIpc) is 3.16. The quantitative estimate of drug-likeness (QED) is 0.867. The normalized spacial score (nSPS) is 20.6. The Bertz CT molecular complexity index is 621. The Hall–Kier alpha value is -2.30. The fourth-order valence-electron chi connectivity index (χ4n) is 2.54. The Labute approximate surface area is 117 Å². The van der Waals surface area contributed by atoms with E-state index in [1.807, 2.05) is 22.8 Å². The van der Waals surface area contributed by atoms with Crippen molar-refractivity contribution in [3.63, 3.8) is 0 Å². The van der Waals surface area contributed by atoms with Crippen molar-refractivity contribution in [2.75, 3.05) is 12.3 Å². The molecule has 0 saturated heterocycles. The van der Waals surface area contributed by atoms with E-state index in [1.54, 1.807) is 13.3 Å². The molecule has 1 fully saturated rings. The lowest BCUT2D eigenvalue weighted by Crippen LogP contribution is -2.09. The molecule has 0 radical (unpaired) electrons. The Balaban J connectivity index is 1.79. The molecule has 2 unspecified atom stereocenters. The summed E-state index contributed by atoms with van der Waals surface area (Å²) >= 11 is 0. The number of nitrogens with zero attached hydrogens (tertiary/aromatic N) is 2.